The molecule has 3 rings (SSSR count). The molecule has 0 saturated carbocycles. The normalized spacial score (nSPS) is 12.1. The molecule has 0 unspecified atom stereocenters. The number of halogens is 1. The molecule has 0 radical (unpaired) electrons. The van der Waals surface area contributed by atoms with E-state index in [0.717, 1.165) is 16.9 Å². The van der Waals surface area contributed by atoms with Crippen LogP contribution in [0.2, 0.25) is 5.02 Å². The molecule has 35 heavy (non-hydrogen) atoms. The standard InChI is InChI=1S/C26H29ClN2O5S/c1-3-34-25-14-13-22(18-23(25)27)35(31,32)29-24(17-20-7-5-4-6-8-20)26(30)28-16-15-19-9-11-21(33-2)12-10-19/h4-14,18,24,29H,3,15-17H2,1-2H3,(H,28,30)/t24-/m0/s1. The van der Waals surface area contributed by atoms with Crippen LogP contribution in [0.1, 0.15) is 18.1 Å². The Hall–Kier alpha value is -3.07. The molecule has 0 aliphatic carbocycles. The third kappa shape index (κ3) is 7.71. The highest BCUT2D eigenvalue weighted by molar-refractivity contribution is 7.89. The van der Waals surface area contributed by atoms with Crippen LogP contribution in [0, 0.1) is 0 Å². The zero-order valence-electron chi connectivity index (χ0n) is 19.7. The second kappa shape index (κ2) is 12.6. The molecule has 3 aromatic carbocycles. The molecule has 1 amide bonds. The van der Waals surface area contributed by atoms with E-state index in [2.05, 4.69) is 10.0 Å². The molecule has 186 valence electrons. The lowest BCUT2D eigenvalue weighted by atomic mass is 10.1. The van der Waals surface area contributed by atoms with E-state index in [9.17, 15) is 13.2 Å². The second-order valence-corrected chi connectivity index (χ2v) is 9.90. The van der Waals surface area contributed by atoms with Gasteiger partial charge >= 0.3 is 0 Å². The van der Waals surface area contributed by atoms with Crippen molar-refractivity contribution in [3.05, 3.63) is 88.9 Å². The Morgan fingerprint density at radius 3 is 2.34 bits per heavy atom. The molecule has 0 heterocycles. The van der Waals surface area contributed by atoms with E-state index in [0.29, 0.717) is 25.3 Å². The van der Waals surface area contributed by atoms with Crippen LogP contribution in [-0.4, -0.2) is 40.6 Å². The minimum Gasteiger partial charge on any atom is -0.497 e. The molecule has 0 fully saturated rings. The third-order valence-electron chi connectivity index (χ3n) is 5.28. The summed E-state index contributed by atoms with van der Waals surface area (Å²) in [7, 11) is -2.43. The number of hydrogen-bond acceptors (Lipinski definition) is 5. The van der Waals surface area contributed by atoms with Crippen molar-refractivity contribution < 1.29 is 22.7 Å². The molecule has 3 aromatic rings. The van der Waals surface area contributed by atoms with E-state index in [1.165, 1.54) is 18.2 Å². The van der Waals surface area contributed by atoms with Crippen LogP contribution >= 0.6 is 11.6 Å². The fourth-order valence-corrected chi connectivity index (χ4v) is 4.98. The molecule has 0 saturated heterocycles. The van der Waals surface area contributed by atoms with E-state index in [-0.39, 0.29) is 16.3 Å². The minimum atomic E-state index is -4.03. The van der Waals surface area contributed by atoms with Crippen LogP contribution in [0.25, 0.3) is 0 Å². The lowest BCUT2D eigenvalue weighted by Gasteiger charge is -2.19. The Kier molecular flexibility index (Phi) is 9.54. The lowest BCUT2D eigenvalue weighted by Crippen LogP contribution is -2.48. The Morgan fingerprint density at radius 2 is 1.71 bits per heavy atom. The number of benzene rings is 3. The van der Waals surface area contributed by atoms with Gasteiger partial charge in [-0.25, -0.2) is 8.42 Å². The molecular formula is C26H29ClN2O5S. The Bertz CT molecular complexity index is 1220. The molecule has 0 spiro atoms. The van der Waals surface area contributed by atoms with Gasteiger partial charge in [-0.3, -0.25) is 4.79 Å². The van der Waals surface area contributed by atoms with Crippen LogP contribution in [0.5, 0.6) is 11.5 Å². The number of methoxy groups -OCH3 is 1. The SMILES string of the molecule is CCOc1ccc(S(=O)(=O)N[C@@H](Cc2ccccc2)C(=O)NCCc2ccc(OC)cc2)cc1Cl. The van der Waals surface area contributed by atoms with E-state index < -0.39 is 22.0 Å². The maximum atomic E-state index is 13.1. The van der Waals surface area contributed by atoms with E-state index in [1.54, 1.807) is 7.11 Å². The topological polar surface area (TPSA) is 93.7 Å². The van der Waals surface area contributed by atoms with Gasteiger partial charge in [0.05, 0.1) is 23.6 Å². The van der Waals surface area contributed by atoms with Crippen molar-refractivity contribution in [2.45, 2.75) is 30.7 Å². The molecule has 0 bridgehead atoms. The first-order chi connectivity index (χ1) is 16.8. The van der Waals surface area contributed by atoms with Gasteiger partial charge in [-0.2, -0.15) is 4.72 Å². The molecule has 7 nitrogen and oxygen atoms in total. The van der Waals surface area contributed by atoms with Crippen LogP contribution in [0.3, 0.4) is 0 Å². The highest BCUT2D eigenvalue weighted by Crippen LogP contribution is 2.27. The van der Waals surface area contributed by atoms with Gasteiger partial charge in [0, 0.05) is 6.54 Å². The number of amides is 1. The Labute approximate surface area is 211 Å². The maximum absolute atomic E-state index is 13.1. The summed E-state index contributed by atoms with van der Waals surface area (Å²) in [6, 6.07) is 20.0. The monoisotopic (exact) mass is 516 g/mol. The quantitative estimate of drug-likeness (QED) is 0.379. The number of carbonyl (C=O) groups excluding carboxylic acids is 1. The van der Waals surface area contributed by atoms with Crippen molar-refractivity contribution in [1.29, 1.82) is 0 Å². The van der Waals surface area contributed by atoms with Gasteiger partial charge in [-0.1, -0.05) is 54.1 Å². The van der Waals surface area contributed by atoms with Gasteiger partial charge in [0.2, 0.25) is 15.9 Å². The van der Waals surface area contributed by atoms with Crippen molar-refractivity contribution in [2.75, 3.05) is 20.3 Å². The fraction of sp³-hybridized carbons (Fsp3) is 0.269. The first-order valence-electron chi connectivity index (χ1n) is 11.2. The van der Waals surface area contributed by atoms with Gasteiger partial charge in [0.25, 0.3) is 0 Å². The lowest BCUT2D eigenvalue weighted by molar-refractivity contribution is -0.122. The summed E-state index contributed by atoms with van der Waals surface area (Å²) in [4.78, 5) is 13.0. The molecule has 0 aliphatic rings. The molecule has 0 aromatic heterocycles. The third-order valence-corrected chi connectivity index (χ3v) is 7.05. The van der Waals surface area contributed by atoms with Gasteiger partial charge in [-0.15, -0.1) is 0 Å². The van der Waals surface area contributed by atoms with Crippen molar-refractivity contribution in [3.8, 4) is 11.5 Å². The van der Waals surface area contributed by atoms with Crippen molar-refractivity contribution in [1.82, 2.24) is 10.0 Å². The molecule has 2 N–H and O–H groups in total. The van der Waals surface area contributed by atoms with Crippen molar-refractivity contribution >= 4 is 27.5 Å². The number of ether oxygens (including phenoxy) is 2. The smallest absolute Gasteiger partial charge is 0.241 e. The number of sulfonamides is 1. The van der Waals surface area contributed by atoms with Crippen LogP contribution < -0.4 is 19.5 Å². The maximum Gasteiger partial charge on any atom is 0.241 e. The summed E-state index contributed by atoms with van der Waals surface area (Å²) in [5.41, 5.74) is 1.85. The zero-order valence-corrected chi connectivity index (χ0v) is 21.2. The Balaban J connectivity index is 1.73. The number of carbonyl (C=O) groups is 1. The van der Waals surface area contributed by atoms with Crippen LogP contribution in [0.4, 0.5) is 0 Å². The first kappa shape index (κ1) is 26.5. The summed E-state index contributed by atoms with van der Waals surface area (Å²) in [5.74, 6) is 0.734. The molecule has 1 atom stereocenters. The number of rotatable bonds is 12. The van der Waals surface area contributed by atoms with Crippen molar-refractivity contribution in [2.24, 2.45) is 0 Å². The Morgan fingerprint density at radius 1 is 1.00 bits per heavy atom. The number of nitrogens with one attached hydrogen (secondary N) is 2. The van der Waals surface area contributed by atoms with Gasteiger partial charge in [0.15, 0.2) is 0 Å². The highest BCUT2D eigenvalue weighted by Gasteiger charge is 2.26. The molecule has 0 aliphatic heterocycles. The summed E-state index contributed by atoms with van der Waals surface area (Å²) in [6.07, 6.45) is 0.786. The predicted octanol–water partition coefficient (Wildman–Crippen LogP) is 4.00. The summed E-state index contributed by atoms with van der Waals surface area (Å²) >= 11 is 6.18. The average Bonchev–Trinajstić information content (AvgIpc) is 2.86. The van der Waals surface area contributed by atoms with Crippen LogP contribution in [-0.2, 0) is 27.7 Å². The summed E-state index contributed by atoms with van der Waals surface area (Å²) in [6.45, 7) is 2.57. The largest absolute Gasteiger partial charge is 0.497 e. The predicted molar refractivity (Wildman–Crippen MR) is 137 cm³/mol. The van der Waals surface area contributed by atoms with Crippen molar-refractivity contribution in [3.63, 3.8) is 0 Å². The van der Waals surface area contributed by atoms with Gasteiger partial charge < -0.3 is 14.8 Å². The second-order valence-electron chi connectivity index (χ2n) is 7.78. The van der Waals surface area contributed by atoms with E-state index in [1.807, 2.05) is 61.5 Å². The minimum absolute atomic E-state index is 0.0463. The highest BCUT2D eigenvalue weighted by atomic mass is 35.5. The average molecular weight is 517 g/mol. The number of hydrogen-bond donors (Lipinski definition) is 2. The van der Waals surface area contributed by atoms with Gasteiger partial charge in [-0.05, 0) is 61.2 Å². The fourth-order valence-electron chi connectivity index (χ4n) is 3.46. The summed E-state index contributed by atoms with van der Waals surface area (Å²) in [5, 5.41) is 3.03. The van der Waals surface area contributed by atoms with Crippen LogP contribution in [0.15, 0.2) is 77.7 Å². The first-order valence-corrected chi connectivity index (χ1v) is 13.1. The summed E-state index contributed by atoms with van der Waals surface area (Å²) < 4.78 is 39.3. The zero-order chi connectivity index (χ0) is 25.3. The van der Waals surface area contributed by atoms with Gasteiger partial charge in [0.1, 0.15) is 17.5 Å². The van der Waals surface area contributed by atoms with E-state index in [4.69, 9.17) is 21.1 Å². The molecule has 9 heteroatoms. The van der Waals surface area contributed by atoms with E-state index >= 15 is 0 Å². The molecular weight excluding hydrogens is 488 g/mol.